The van der Waals surface area contributed by atoms with Crippen LogP contribution in [0.5, 0.6) is 0 Å². The van der Waals surface area contributed by atoms with Crippen LogP contribution in [0.3, 0.4) is 0 Å². The molecule has 0 atom stereocenters. The average molecular weight is 157 g/mol. The van der Waals surface area contributed by atoms with Gasteiger partial charge in [0.2, 0.25) is 0 Å². The number of hydrogen-bond acceptors (Lipinski definition) is 3. The van der Waals surface area contributed by atoms with Gasteiger partial charge in [-0.15, -0.1) is 0 Å². The van der Waals surface area contributed by atoms with Crippen LogP contribution in [0.1, 0.15) is 20.8 Å². The number of hydroxylamine groups is 1. The highest BCUT2D eigenvalue weighted by Crippen LogP contribution is 1.93. The summed E-state index contributed by atoms with van der Waals surface area (Å²) in [5.74, 6) is 0.502. The van der Waals surface area contributed by atoms with Crippen molar-refractivity contribution in [1.29, 1.82) is 0 Å². The molecule has 0 aliphatic rings. The predicted molar refractivity (Wildman–Crippen MR) is 43.7 cm³/mol. The summed E-state index contributed by atoms with van der Waals surface area (Å²) in [6.45, 7) is 9.64. The van der Waals surface area contributed by atoms with E-state index in [1.807, 2.05) is 13.8 Å². The molecule has 0 rings (SSSR count). The number of allylic oxidation sites excluding steroid dienone is 1. The van der Waals surface area contributed by atoms with E-state index in [4.69, 9.17) is 4.84 Å². The van der Waals surface area contributed by atoms with E-state index in [2.05, 4.69) is 12.1 Å². The van der Waals surface area contributed by atoms with Crippen LogP contribution < -0.4 is 5.48 Å². The third-order valence-electron chi connectivity index (χ3n) is 1.08. The summed E-state index contributed by atoms with van der Waals surface area (Å²) in [5.41, 5.74) is 2.65. The molecule has 0 spiro atoms. The van der Waals surface area contributed by atoms with Gasteiger partial charge in [0.05, 0.1) is 0 Å². The number of nitrogens with one attached hydrogen (secondary N) is 1. The lowest BCUT2D eigenvalue weighted by molar-refractivity contribution is -0.118. The summed E-state index contributed by atoms with van der Waals surface area (Å²) >= 11 is 0. The summed E-state index contributed by atoms with van der Waals surface area (Å²) < 4.78 is 0. The first kappa shape index (κ1) is 10.2. The second-order valence-corrected chi connectivity index (χ2v) is 2.82. The smallest absolute Gasteiger partial charge is 0.196 e. The zero-order valence-corrected chi connectivity index (χ0v) is 7.31. The number of Topliss-reactive ketones (excluding diaryl/α,β-unsaturated/α-hetero) is 1. The van der Waals surface area contributed by atoms with Crippen molar-refractivity contribution in [2.75, 3.05) is 6.54 Å². The van der Waals surface area contributed by atoms with E-state index in [1.165, 1.54) is 6.92 Å². The molecular weight excluding hydrogens is 142 g/mol. The Morgan fingerprint density at radius 3 is 2.55 bits per heavy atom. The molecule has 0 aliphatic carbocycles. The largest absolute Gasteiger partial charge is 0.406 e. The van der Waals surface area contributed by atoms with Crippen LogP contribution in [0, 0.1) is 5.92 Å². The molecule has 0 aromatic rings. The van der Waals surface area contributed by atoms with Crippen LogP contribution in [-0.4, -0.2) is 12.3 Å². The van der Waals surface area contributed by atoms with E-state index in [9.17, 15) is 4.79 Å². The average Bonchev–Trinajstić information content (AvgIpc) is 1.86. The molecule has 0 amide bonds. The van der Waals surface area contributed by atoms with Crippen LogP contribution in [-0.2, 0) is 9.63 Å². The van der Waals surface area contributed by atoms with Gasteiger partial charge in [0, 0.05) is 13.5 Å². The molecule has 0 aromatic carbocycles. The summed E-state index contributed by atoms with van der Waals surface area (Å²) in [4.78, 5) is 15.4. The minimum absolute atomic E-state index is 0.152. The molecule has 0 saturated carbocycles. The minimum atomic E-state index is -0.152. The van der Waals surface area contributed by atoms with Gasteiger partial charge in [0.25, 0.3) is 0 Å². The lowest BCUT2D eigenvalue weighted by Gasteiger charge is -2.08. The summed E-state index contributed by atoms with van der Waals surface area (Å²) in [6.07, 6.45) is 0. The second kappa shape index (κ2) is 4.91. The van der Waals surface area contributed by atoms with E-state index >= 15 is 0 Å². The normalized spacial score (nSPS) is 9.82. The number of ketones is 1. The third kappa shape index (κ3) is 5.61. The van der Waals surface area contributed by atoms with Crippen molar-refractivity contribution in [3.63, 3.8) is 0 Å². The standard InChI is InChI=1S/C8H15NO2/c1-6(2)5-9-11-8(4)7(3)10/h6,9H,4-5H2,1-3H3. The molecule has 3 heteroatoms. The van der Waals surface area contributed by atoms with E-state index < -0.39 is 0 Å². The highest BCUT2D eigenvalue weighted by molar-refractivity contribution is 5.90. The quantitative estimate of drug-likeness (QED) is 0.371. The maximum atomic E-state index is 10.6. The fourth-order valence-electron chi connectivity index (χ4n) is 0.367. The molecule has 0 saturated heterocycles. The topological polar surface area (TPSA) is 38.3 Å². The second-order valence-electron chi connectivity index (χ2n) is 2.82. The highest BCUT2D eigenvalue weighted by Gasteiger charge is 2.00. The molecule has 0 bridgehead atoms. The molecule has 0 unspecified atom stereocenters. The highest BCUT2D eigenvalue weighted by atomic mass is 16.6. The fourth-order valence-corrected chi connectivity index (χ4v) is 0.367. The Kier molecular flexibility index (Phi) is 4.54. The van der Waals surface area contributed by atoms with Crippen LogP contribution in [0.4, 0.5) is 0 Å². The van der Waals surface area contributed by atoms with E-state index in [-0.39, 0.29) is 11.5 Å². The molecule has 0 heterocycles. The fraction of sp³-hybridized carbons (Fsp3) is 0.625. The number of carbonyl (C=O) groups is 1. The van der Waals surface area contributed by atoms with Crippen LogP contribution >= 0.6 is 0 Å². The van der Waals surface area contributed by atoms with E-state index in [1.54, 1.807) is 0 Å². The van der Waals surface area contributed by atoms with Crippen LogP contribution in [0.2, 0.25) is 0 Å². The first-order valence-corrected chi connectivity index (χ1v) is 3.63. The maximum Gasteiger partial charge on any atom is 0.196 e. The lowest BCUT2D eigenvalue weighted by atomic mass is 10.2. The van der Waals surface area contributed by atoms with Gasteiger partial charge >= 0.3 is 0 Å². The Labute approximate surface area is 67.4 Å². The summed E-state index contributed by atoms with van der Waals surface area (Å²) in [6, 6.07) is 0. The Morgan fingerprint density at radius 1 is 1.64 bits per heavy atom. The van der Waals surface area contributed by atoms with Crippen molar-refractivity contribution in [3.05, 3.63) is 12.3 Å². The van der Waals surface area contributed by atoms with Gasteiger partial charge < -0.3 is 4.84 Å². The van der Waals surface area contributed by atoms with Gasteiger partial charge in [0.15, 0.2) is 11.5 Å². The molecule has 0 aromatic heterocycles. The van der Waals surface area contributed by atoms with Crippen molar-refractivity contribution >= 4 is 5.78 Å². The predicted octanol–water partition coefficient (Wildman–Crippen LogP) is 1.27. The Balaban J connectivity index is 3.40. The zero-order chi connectivity index (χ0) is 8.85. The molecule has 0 fully saturated rings. The molecule has 0 aliphatic heterocycles. The third-order valence-corrected chi connectivity index (χ3v) is 1.08. The van der Waals surface area contributed by atoms with Gasteiger partial charge in [-0.05, 0) is 5.92 Å². The SMILES string of the molecule is C=C(ONCC(C)C)C(C)=O. The number of rotatable bonds is 5. The van der Waals surface area contributed by atoms with Gasteiger partial charge in [0.1, 0.15) is 0 Å². The minimum Gasteiger partial charge on any atom is -0.406 e. The maximum absolute atomic E-state index is 10.6. The van der Waals surface area contributed by atoms with Gasteiger partial charge in [-0.1, -0.05) is 20.4 Å². The molecular formula is C8H15NO2. The summed E-state index contributed by atoms with van der Waals surface area (Å²) in [7, 11) is 0. The van der Waals surface area contributed by atoms with Crippen molar-refractivity contribution in [2.24, 2.45) is 5.92 Å². The van der Waals surface area contributed by atoms with Gasteiger partial charge in [-0.25, -0.2) is 0 Å². The van der Waals surface area contributed by atoms with Crippen molar-refractivity contribution < 1.29 is 9.63 Å². The van der Waals surface area contributed by atoms with E-state index in [0.29, 0.717) is 12.5 Å². The van der Waals surface area contributed by atoms with Crippen LogP contribution in [0.25, 0.3) is 0 Å². The van der Waals surface area contributed by atoms with Crippen molar-refractivity contribution in [2.45, 2.75) is 20.8 Å². The molecule has 11 heavy (non-hydrogen) atoms. The summed E-state index contributed by atoms with van der Waals surface area (Å²) in [5, 5.41) is 0. The number of hydrogen-bond donors (Lipinski definition) is 1. The molecule has 3 nitrogen and oxygen atoms in total. The Bertz CT molecular complexity index is 152. The molecule has 64 valence electrons. The van der Waals surface area contributed by atoms with Gasteiger partial charge in [-0.2, -0.15) is 5.48 Å². The Hall–Kier alpha value is -0.830. The Morgan fingerprint density at radius 2 is 2.18 bits per heavy atom. The van der Waals surface area contributed by atoms with Gasteiger partial charge in [-0.3, -0.25) is 4.79 Å². The van der Waals surface area contributed by atoms with E-state index in [0.717, 1.165) is 0 Å². The monoisotopic (exact) mass is 157 g/mol. The zero-order valence-electron chi connectivity index (χ0n) is 7.31. The van der Waals surface area contributed by atoms with Crippen molar-refractivity contribution in [1.82, 2.24) is 5.48 Å². The van der Waals surface area contributed by atoms with Crippen molar-refractivity contribution in [3.8, 4) is 0 Å². The molecule has 1 N–H and O–H groups in total. The number of carbonyl (C=O) groups excluding carboxylic acids is 1. The first-order valence-electron chi connectivity index (χ1n) is 3.63. The first-order chi connectivity index (χ1) is 5.04. The molecule has 0 radical (unpaired) electrons. The lowest BCUT2D eigenvalue weighted by Crippen LogP contribution is -2.21. The van der Waals surface area contributed by atoms with Crippen LogP contribution in [0.15, 0.2) is 12.3 Å².